The summed E-state index contributed by atoms with van der Waals surface area (Å²) in [5, 5.41) is 2.90. The Morgan fingerprint density at radius 1 is 1.24 bits per heavy atom. The third kappa shape index (κ3) is 4.20. The van der Waals surface area contributed by atoms with Gasteiger partial charge in [-0.3, -0.25) is 4.79 Å². The fourth-order valence-corrected chi connectivity index (χ4v) is 2.25. The average Bonchev–Trinajstić information content (AvgIpc) is 2.83. The van der Waals surface area contributed by atoms with E-state index in [1.807, 2.05) is 44.3 Å². The molecule has 0 spiro atoms. The minimum Gasteiger partial charge on any atom is -0.350 e. The number of nitrogens with one attached hydrogen (secondary N) is 1. The number of rotatable bonds is 6. The van der Waals surface area contributed by atoms with Crippen molar-refractivity contribution in [1.82, 2.24) is 9.88 Å². The van der Waals surface area contributed by atoms with Crippen molar-refractivity contribution in [2.45, 2.75) is 32.4 Å². The van der Waals surface area contributed by atoms with Crippen LogP contribution in [0.15, 0.2) is 42.5 Å². The number of hydrogen-bond acceptors (Lipinski definition) is 2. The lowest BCUT2D eigenvalue weighted by Crippen LogP contribution is -2.40. The average molecular weight is 285 g/mol. The Morgan fingerprint density at radius 3 is 2.57 bits per heavy atom. The number of benzene rings is 1. The molecule has 0 saturated carbocycles. The standard InChI is InChI=1S/C17H23N3O/c1-13-8-10-15(20(13)2)12-19-17(21)16(18)11-9-14-6-4-3-5-7-14/h3-8,10,16H,9,11-12,18H2,1-2H3,(H,19,21). The summed E-state index contributed by atoms with van der Waals surface area (Å²) in [6.45, 7) is 2.55. The maximum absolute atomic E-state index is 12.0. The van der Waals surface area contributed by atoms with E-state index < -0.39 is 6.04 Å². The molecule has 0 radical (unpaired) electrons. The van der Waals surface area contributed by atoms with Gasteiger partial charge in [0.1, 0.15) is 0 Å². The Kier molecular flexibility index (Phi) is 5.17. The lowest BCUT2D eigenvalue weighted by molar-refractivity contribution is -0.122. The lowest BCUT2D eigenvalue weighted by Gasteiger charge is -2.13. The lowest BCUT2D eigenvalue weighted by atomic mass is 10.1. The summed E-state index contributed by atoms with van der Waals surface area (Å²) in [6.07, 6.45) is 1.47. The molecule has 0 aliphatic rings. The highest BCUT2D eigenvalue weighted by molar-refractivity contribution is 5.81. The predicted molar refractivity (Wildman–Crippen MR) is 84.7 cm³/mol. The molecule has 3 N–H and O–H groups in total. The molecule has 112 valence electrons. The van der Waals surface area contributed by atoms with Gasteiger partial charge in [0, 0.05) is 18.4 Å². The van der Waals surface area contributed by atoms with Crippen molar-refractivity contribution in [3.8, 4) is 0 Å². The van der Waals surface area contributed by atoms with Gasteiger partial charge in [0.15, 0.2) is 0 Å². The summed E-state index contributed by atoms with van der Waals surface area (Å²) >= 11 is 0. The Labute approximate surface area is 126 Å². The van der Waals surface area contributed by atoms with Gasteiger partial charge in [-0.05, 0) is 37.5 Å². The molecule has 0 bridgehead atoms. The molecular weight excluding hydrogens is 262 g/mol. The maximum atomic E-state index is 12.0. The first-order valence-corrected chi connectivity index (χ1v) is 7.26. The van der Waals surface area contributed by atoms with Gasteiger partial charge in [-0.25, -0.2) is 0 Å². The van der Waals surface area contributed by atoms with E-state index in [9.17, 15) is 4.79 Å². The van der Waals surface area contributed by atoms with Crippen LogP contribution in [0.25, 0.3) is 0 Å². The van der Waals surface area contributed by atoms with Crippen LogP contribution in [0.5, 0.6) is 0 Å². The van der Waals surface area contributed by atoms with Crippen molar-refractivity contribution in [2.75, 3.05) is 0 Å². The highest BCUT2D eigenvalue weighted by Crippen LogP contribution is 2.06. The number of aryl methyl sites for hydroxylation is 2. The van der Waals surface area contributed by atoms with Crippen LogP contribution >= 0.6 is 0 Å². The van der Waals surface area contributed by atoms with Gasteiger partial charge >= 0.3 is 0 Å². The molecule has 4 heteroatoms. The van der Waals surface area contributed by atoms with E-state index >= 15 is 0 Å². The predicted octanol–water partition coefficient (Wildman–Crippen LogP) is 1.91. The molecule has 1 unspecified atom stereocenters. The second-order valence-electron chi connectivity index (χ2n) is 5.37. The molecule has 1 atom stereocenters. The molecule has 0 aliphatic carbocycles. The van der Waals surface area contributed by atoms with Crippen LogP contribution in [-0.4, -0.2) is 16.5 Å². The summed E-state index contributed by atoms with van der Waals surface area (Å²) in [4.78, 5) is 12.0. The fourth-order valence-electron chi connectivity index (χ4n) is 2.25. The monoisotopic (exact) mass is 285 g/mol. The van der Waals surface area contributed by atoms with E-state index in [0.29, 0.717) is 13.0 Å². The van der Waals surface area contributed by atoms with Gasteiger partial charge < -0.3 is 15.6 Å². The van der Waals surface area contributed by atoms with Crippen LogP contribution in [0.2, 0.25) is 0 Å². The SMILES string of the molecule is Cc1ccc(CNC(=O)C(N)CCc2ccccc2)n1C. The Hall–Kier alpha value is -2.07. The van der Waals surface area contributed by atoms with E-state index in [1.54, 1.807) is 0 Å². The minimum absolute atomic E-state index is 0.0928. The third-order valence-corrected chi connectivity index (χ3v) is 3.84. The number of hydrogen-bond donors (Lipinski definition) is 2. The van der Waals surface area contributed by atoms with Crippen LogP contribution in [0, 0.1) is 6.92 Å². The van der Waals surface area contributed by atoms with Crippen molar-refractivity contribution in [3.05, 3.63) is 59.4 Å². The van der Waals surface area contributed by atoms with Crippen molar-refractivity contribution in [1.29, 1.82) is 0 Å². The zero-order chi connectivity index (χ0) is 15.2. The van der Waals surface area contributed by atoms with Crippen LogP contribution in [0.3, 0.4) is 0 Å². The zero-order valence-electron chi connectivity index (χ0n) is 12.7. The maximum Gasteiger partial charge on any atom is 0.237 e. The molecule has 1 aromatic heterocycles. The normalized spacial score (nSPS) is 12.1. The molecular formula is C17H23N3O. The van der Waals surface area contributed by atoms with Gasteiger partial charge in [-0.1, -0.05) is 30.3 Å². The molecule has 1 amide bonds. The minimum atomic E-state index is -0.466. The summed E-state index contributed by atoms with van der Waals surface area (Å²) in [5.74, 6) is -0.0928. The van der Waals surface area contributed by atoms with E-state index in [0.717, 1.165) is 12.1 Å². The van der Waals surface area contributed by atoms with Gasteiger partial charge in [-0.2, -0.15) is 0 Å². The Bertz CT molecular complexity index is 589. The van der Waals surface area contributed by atoms with Crippen molar-refractivity contribution >= 4 is 5.91 Å². The molecule has 0 saturated heterocycles. The van der Waals surface area contributed by atoms with E-state index in [4.69, 9.17) is 5.73 Å². The Morgan fingerprint density at radius 2 is 1.95 bits per heavy atom. The van der Waals surface area contributed by atoms with E-state index in [-0.39, 0.29) is 5.91 Å². The summed E-state index contributed by atoms with van der Waals surface area (Å²) < 4.78 is 2.07. The number of amides is 1. The number of nitrogens with two attached hydrogens (primary N) is 1. The number of nitrogens with zero attached hydrogens (tertiary/aromatic N) is 1. The summed E-state index contributed by atoms with van der Waals surface area (Å²) in [7, 11) is 1.99. The molecule has 2 aromatic rings. The topological polar surface area (TPSA) is 60.1 Å². The smallest absolute Gasteiger partial charge is 0.237 e. The molecule has 0 aliphatic heterocycles. The summed E-state index contributed by atoms with van der Waals surface area (Å²) in [6, 6.07) is 13.7. The second kappa shape index (κ2) is 7.09. The zero-order valence-corrected chi connectivity index (χ0v) is 12.7. The number of aromatic nitrogens is 1. The summed E-state index contributed by atoms with van der Waals surface area (Å²) in [5.41, 5.74) is 9.41. The first kappa shape index (κ1) is 15.3. The molecule has 1 heterocycles. The van der Waals surface area contributed by atoms with Crippen LogP contribution in [0.1, 0.15) is 23.4 Å². The Balaban J connectivity index is 1.79. The van der Waals surface area contributed by atoms with Crippen molar-refractivity contribution < 1.29 is 4.79 Å². The highest BCUT2D eigenvalue weighted by atomic mass is 16.2. The van der Waals surface area contributed by atoms with Crippen LogP contribution < -0.4 is 11.1 Å². The largest absolute Gasteiger partial charge is 0.350 e. The van der Waals surface area contributed by atoms with E-state index in [1.165, 1.54) is 11.3 Å². The first-order valence-electron chi connectivity index (χ1n) is 7.26. The van der Waals surface area contributed by atoms with Crippen LogP contribution in [-0.2, 0) is 24.8 Å². The van der Waals surface area contributed by atoms with E-state index in [2.05, 4.69) is 22.0 Å². The van der Waals surface area contributed by atoms with Gasteiger partial charge in [0.05, 0.1) is 12.6 Å². The molecule has 2 rings (SSSR count). The van der Waals surface area contributed by atoms with Crippen molar-refractivity contribution in [3.63, 3.8) is 0 Å². The van der Waals surface area contributed by atoms with Gasteiger partial charge in [-0.15, -0.1) is 0 Å². The van der Waals surface area contributed by atoms with Crippen LogP contribution in [0.4, 0.5) is 0 Å². The number of carbonyl (C=O) groups is 1. The third-order valence-electron chi connectivity index (χ3n) is 3.84. The molecule has 21 heavy (non-hydrogen) atoms. The number of carbonyl (C=O) groups excluding carboxylic acids is 1. The second-order valence-corrected chi connectivity index (χ2v) is 5.37. The molecule has 1 aromatic carbocycles. The highest BCUT2D eigenvalue weighted by Gasteiger charge is 2.13. The van der Waals surface area contributed by atoms with Crippen molar-refractivity contribution in [2.24, 2.45) is 12.8 Å². The van der Waals surface area contributed by atoms with Gasteiger partial charge in [0.25, 0.3) is 0 Å². The quantitative estimate of drug-likeness (QED) is 0.851. The molecule has 0 fully saturated rings. The van der Waals surface area contributed by atoms with Gasteiger partial charge in [0.2, 0.25) is 5.91 Å². The fraction of sp³-hybridized carbons (Fsp3) is 0.353. The molecule has 4 nitrogen and oxygen atoms in total. The first-order chi connectivity index (χ1) is 10.1.